The van der Waals surface area contributed by atoms with Crippen LogP contribution in [0.1, 0.15) is 32.1 Å². The van der Waals surface area contributed by atoms with Gasteiger partial charge < -0.3 is 26.2 Å². The van der Waals surface area contributed by atoms with Crippen molar-refractivity contribution in [2.45, 2.75) is 49.3 Å². The fourth-order valence-corrected chi connectivity index (χ4v) is 5.74. The van der Waals surface area contributed by atoms with Crippen LogP contribution in [0.4, 0.5) is 0 Å². The molecule has 1 saturated heterocycles. The van der Waals surface area contributed by atoms with Gasteiger partial charge in [0.05, 0.1) is 4.90 Å². The minimum absolute atomic E-state index is 0.0140. The quantitative estimate of drug-likeness (QED) is 0.129. The van der Waals surface area contributed by atoms with Crippen LogP contribution >= 0.6 is 7.82 Å². The van der Waals surface area contributed by atoms with Crippen LogP contribution in [0, 0.1) is 0 Å². The number of fused-ring (bicyclic) bond motifs is 1. The molecule has 0 bridgehead atoms. The number of hydrogen-bond acceptors (Lipinski definition) is 6. The Labute approximate surface area is 203 Å². The molecule has 0 aromatic heterocycles. The van der Waals surface area contributed by atoms with Crippen molar-refractivity contribution < 1.29 is 32.1 Å². The number of aliphatic imine (C=N–C) groups is 1. The van der Waals surface area contributed by atoms with Crippen molar-refractivity contribution in [3.8, 4) is 0 Å². The fraction of sp³-hybridized carbons (Fsp3) is 0.429. The van der Waals surface area contributed by atoms with E-state index in [1.165, 1.54) is 17.0 Å². The van der Waals surface area contributed by atoms with E-state index in [-0.39, 0.29) is 43.2 Å². The Morgan fingerprint density at radius 3 is 2.60 bits per heavy atom. The first-order chi connectivity index (χ1) is 16.5. The summed E-state index contributed by atoms with van der Waals surface area (Å²) >= 11 is 0. The molecular formula is C21H30N5O7PS. The number of rotatable bonds is 10. The molecule has 0 radical (unpaired) electrons. The summed E-state index contributed by atoms with van der Waals surface area (Å²) in [5.74, 6) is -0.770. The third-order valence-electron chi connectivity index (χ3n) is 5.56. The van der Waals surface area contributed by atoms with Gasteiger partial charge in [0, 0.05) is 13.1 Å². The Bertz CT molecular complexity index is 1230. The Morgan fingerprint density at radius 1 is 1.20 bits per heavy atom. The van der Waals surface area contributed by atoms with Crippen LogP contribution in [-0.2, 0) is 23.9 Å². The number of likely N-dealkylation sites (tertiary alicyclic amines) is 1. The molecule has 1 unspecified atom stereocenters. The maximum absolute atomic E-state index is 13.4. The van der Waals surface area contributed by atoms with Crippen molar-refractivity contribution in [1.29, 1.82) is 0 Å². The molecule has 1 heterocycles. The zero-order valence-corrected chi connectivity index (χ0v) is 20.7. The number of amides is 1. The average Bonchev–Trinajstić information content (AvgIpc) is 2.79. The molecule has 35 heavy (non-hydrogen) atoms. The first-order valence-corrected chi connectivity index (χ1v) is 14.1. The van der Waals surface area contributed by atoms with Gasteiger partial charge in [-0.25, -0.2) is 13.0 Å². The minimum atomic E-state index is -4.87. The largest absolute Gasteiger partial charge is 0.471 e. The molecule has 2 aromatic carbocycles. The molecule has 1 aliphatic heterocycles. The van der Waals surface area contributed by atoms with Gasteiger partial charge in [-0.1, -0.05) is 30.3 Å². The molecule has 1 aliphatic rings. The van der Waals surface area contributed by atoms with E-state index in [1.807, 2.05) is 12.1 Å². The lowest BCUT2D eigenvalue weighted by molar-refractivity contribution is -0.145. The van der Waals surface area contributed by atoms with E-state index in [2.05, 4.69) is 9.71 Å². The average molecular weight is 528 g/mol. The number of carbonyl (C=O) groups is 1. The van der Waals surface area contributed by atoms with Gasteiger partial charge in [-0.2, -0.15) is 4.72 Å². The van der Waals surface area contributed by atoms with E-state index in [0.717, 1.165) is 10.8 Å². The Balaban J connectivity index is 1.86. The predicted molar refractivity (Wildman–Crippen MR) is 130 cm³/mol. The van der Waals surface area contributed by atoms with Gasteiger partial charge in [0.1, 0.15) is 12.3 Å². The van der Waals surface area contributed by atoms with Gasteiger partial charge in [0.15, 0.2) is 5.96 Å². The van der Waals surface area contributed by atoms with Gasteiger partial charge >= 0.3 is 7.82 Å². The maximum atomic E-state index is 13.4. The van der Waals surface area contributed by atoms with E-state index in [1.54, 1.807) is 18.2 Å². The van der Waals surface area contributed by atoms with Crippen molar-refractivity contribution in [1.82, 2.24) is 9.62 Å². The summed E-state index contributed by atoms with van der Waals surface area (Å²) in [7, 11) is -8.99. The molecular weight excluding hydrogens is 497 g/mol. The Kier molecular flexibility index (Phi) is 8.86. The summed E-state index contributed by atoms with van der Waals surface area (Å²) in [6, 6.07) is 10.7. The smallest absolute Gasteiger partial charge is 0.370 e. The molecule has 0 spiro atoms. The van der Waals surface area contributed by atoms with Crippen molar-refractivity contribution in [3.63, 3.8) is 0 Å². The number of phosphoric ester groups is 1. The topological polar surface area (TPSA) is 198 Å². The molecule has 1 fully saturated rings. The number of sulfonamides is 1. The summed E-state index contributed by atoms with van der Waals surface area (Å²) in [4.78, 5) is 37.0. The van der Waals surface area contributed by atoms with E-state index in [0.29, 0.717) is 12.8 Å². The number of phosphoric acid groups is 1. The van der Waals surface area contributed by atoms with Crippen LogP contribution < -0.4 is 16.2 Å². The summed E-state index contributed by atoms with van der Waals surface area (Å²) in [6.45, 7) is 0.345. The lowest BCUT2D eigenvalue weighted by Gasteiger charge is -2.37. The van der Waals surface area contributed by atoms with Gasteiger partial charge in [0.2, 0.25) is 15.9 Å². The number of benzene rings is 2. The molecule has 0 saturated carbocycles. The zero-order valence-electron chi connectivity index (χ0n) is 19.0. The van der Waals surface area contributed by atoms with Gasteiger partial charge in [0.25, 0.3) is 0 Å². The second-order valence-corrected chi connectivity index (χ2v) is 11.1. The molecule has 192 valence electrons. The van der Waals surface area contributed by atoms with Crippen LogP contribution in [0.25, 0.3) is 10.8 Å². The van der Waals surface area contributed by atoms with Crippen LogP contribution in [-0.4, -0.2) is 60.3 Å². The highest BCUT2D eigenvalue weighted by molar-refractivity contribution is 7.89. The fourth-order valence-electron chi connectivity index (χ4n) is 3.95. The number of hydrogen-bond donors (Lipinski definition) is 5. The van der Waals surface area contributed by atoms with E-state index >= 15 is 0 Å². The SMILES string of the molecule is NC(N)=NCCC[C@H](NS(=O)(=O)c1ccc2ccccc2c1)C(=O)N1CCCCC1OP(=O)(O)O. The van der Waals surface area contributed by atoms with Gasteiger partial charge in [-0.05, 0) is 55.0 Å². The number of guanidine groups is 1. The molecule has 14 heteroatoms. The molecule has 1 amide bonds. The normalized spacial score (nSPS) is 17.8. The van der Waals surface area contributed by atoms with Crippen molar-refractivity contribution in [3.05, 3.63) is 42.5 Å². The highest BCUT2D eigenvalue weighted by Gasteiger charge is 2.37. The number of nitrogens with two attached hydrogens (primary N) is 2. The van der Waals surface area contributed by atoms with Crippen LogP contribution in [0.5, 0.6) is 0 Å². The van der Waals surface area contributed by atoms with Crippen molar-refractivity contribution in [2.24, 2.45) is 16.5 Å². The molecule has 2 atom stereocenters. The van der Waals surface area contributed by atoms with Gasteiger partial charge in [-0.3, -0.25) is 14.3 Å². The number of nitrogens with zero attached hydrogens (tertiary/aromatic N) is 2. The molecule has 12 nitrogen and oxygen atoms in total. The first-order valence-electron chi connectivity index (χ1n) is 11.1. The monoisotopic (exact) mass is 527 g/mol. The first kappa shape index (κ1) is 27.1. The van der Waals surface area contributed by atoms with E-state index in [4.69, 9.17) is 16.0 Å². The zero-order chi connectivity index (χ0) is 25.6. The Hall–Kier alpha value is -2.54. The number of piperidine rings is 1. The lowest BCUT2D eigenvalue weighted by Crippen LogP contribution is -2.53. The van der Waals surface area contributed by atoms with Crippen molar-refractivity contribution >= 4 is 40.5 Å². The summed E-state index contributed by atoms with van der Waals surface area (Å²) in [5.41, 5.74) is 10.7. The number of carbonyl (C=O) groups excluding carboxylic acids is 1. The summed E-state index contributed by atoms with van der Waals surface area (Å²) in [6.07, 6.45) is 0.586. The molecule has 3 rings (SSSR count). The number of nitrogens with one attached hydrogen (secondary N) is 1. The van der Waals surface area contributed by atoms with Crippen molar-refractivity contribution in [2.75, 3.05) is 13.1 Å². The van der Waals surface area contributed by atoms with E-state index in [9.17, 15) is 27.6 Å². The third-order valence-corrected chi connectivity index (χ3v) is 7.55. The Morgan fingerprint density at radius 2 is 1.91 bits per heavy atom. The highest BCUT2D eigenvalue weighted by Crippen LogP contribution is 2.40. The third kappa shape index (κ3) is 7.72. The second-order valence-electron chi connectivity index (χ2n) is 8.21. The standard InChI is InChI=1S/C21H30N5O7PS/c22-21(23)24-12-5-8-18(20(27)26-13-4-3-9-19(26)33-34(28,29)30)25-35(31,32)17-11-10-15-6-1-2-7-16(15)14-17/h1-2,6-7,10-11,14,18-19,25H,3-5,8-9,12-13H2,(H4,22,23,24)(H2,28,29,30)/t18-,19?/m0/s1. The minimum Gasteiger partial charge on any atom is -0.370 e. The lowest BCUT2D eigenvalue weighted by atomic mass is 10.1. The second kappa shape index (κ2) is 11.5. The van der Waals surface area contributed by atoms with Crippen LogP contribution in [0.3, 0.4) is 0 Å². The van der Waals surface area contributed by atoms with Gasteiger partial charge in [-0.15, -0.1) is 0 Å². The summed E-state index contributed by atoms with van der Waals surface area (Å²) in [5, 5.41) is 1.58. The predicted octanol–water partition coefficient (Wildman–Crippen LogP) is 0.988. The molecule has 7 N–H and O–H groups in total. The summed E-state index contributed by atoms with van der Waals surface area (Å²) < 4.78 is 45.1. The van der Waals surface area contributed by atoms with Crippen LogP contribution in [0.2, 0.25) is 0 Å². The highest BCUT2D eigenvalue weighted by atomic mass is 32.2. The molecule has 2 aromatic rings. The maximum Gasteiger partial charge on any atom is 0.471 e. The molecule has 0 aliphatic carbocycles. The van der Waals surface area contributed by atoms with Crippen LogP contribution in [0.15, 0.2) is 52.4 Å². The van der Waals surface area contributed by atoms with E-state index < -0.39 is 36.0 Å².